The highest BCUT2D eigenvalue weighted by molar-refractivity contribution is 14.0. The van der Waals surface area contributed by atoms with Gasteiger partial charge in [0.15, 0.2) is 5.96 Å². The zero-order valence-corrected chi connectivity index (χ0v) is 14.5. The SMILES string of the molecule is CCNC(=NCC(C)N(CC)CC)NC1CC1.I. The molecule has 1 aliphatic rings. The Kier molecular flexibility index (Phi) is 9.81. The van der Waals surface area contributed by atoms with Crippen LogP contribution in [0.15, 0.2) is 4.99 Å². The zero-order chi connectivity index (χ0) is 12.7. The predicted octanol–water partition coefficient (Wildman–Crippen LogP) is 2.05. The van der Waals surface area contributed by atoms with Crippen molar-refractivity contribution in [3.63, 3.8) is 0 Å². The average Bonchev–Trinajstić information content (AvgIpc) is 3.12. The van der Waals surface area contributed by atoms with Crippen molar-refractivity contribution in [1.82, 2.24) is 15.5 Å². The maximum atomic E-state index is 4.66. The molecule has 1 unspecified atom stereocenters. The lowest BCUT2D eigenvalue weighted by molar-refractivity contribution is 0.237. The van der Waals surface area contributed by atoms with Crippen LogP contribution in [-0.4, -0.2) is 49.1 Å². The summed E-state index contributed by atoms with van der Waals surface area (Å²) >= 11 is 0. The van der Waals surface area contributed by atoms with Crippen LogP contribution in [-0.2, 0) is 0 Å². The molecule has 0 saturated heterocycles. The fraction of sp³-hybridized carbons (Fsp3) is 0.923. The second-order valence-electron chi connectivity index (χ2n) is 4.71. The van der Waals surface area contributed by atoms with E-state index in [1.54, 1.807) is 0 Å². The van der Waals surface area contributed by atoms with Gasteiger partial charge in [-0.3, -0.25) is 9.89 Å². The molecule has 1 rings (SSSR count). The number of hydrogen-bond acceptors (Lipinski definition) is 2. The first kappa shape index (κ1) is 18.0. The summed E-state index contributed by atoms with van der Waals surface area (Å²) in [6, 6.07) is 1.18. The summed E-state index contributed by atoms with van der Waals surface area (Å²) < 4.78 is 0. The standard InChI is InChI=1S/C13H28N4.HI/c1-5-14-13(16-12-8-9-12)15-10-11(4)17(6-2)7-3;/h11-12H,5-10H2,1-4H3,(H2,14,15,16);1H. The summed E-state index contributed by atoms with van der Waals surface area (Å²) in [5.41, 5.74) is 0. The molecule has 0 aromatic carbocycles. The fourth-order valence-electron chi connectivity index (χ4n) is 1.93. The van der Waals surface area contributed by atoms with Crippen LogP contribution < -0.4 is 10.6 Å². The van der Waals surface area contributed by atoms with Crippen LogP contribution in [0, 0.1) is 0 Å². The van der Waals surface area contributed by atoms with Crippen molar-refractivity contribution in [2.24, 2.45) is 4.99 Å². The first-order chi connectivity index (χ1) is 8.21. The Balaban J connectivity index is 0.00000289. The molecule has 0 aromatic heterocycles. The molecule has 0 spiro atoms. The number of nitrogens with one attached hydrogen (secondary N) is 2. The number of hydrogen-bond donors (Lipinski definition) is 2. The van der Waals surface area contributed by atoms with Crippen LogP contribution in [0.2, 0.25) is 0 Å². The zero-order valence-electron chi connectivity index (χ0n) is 12.2. The molecule has 5 heteroatoms. The summed E-state index contributed by atoms with van der Waals surface area (Å²) in [6.45, 7) is 12.8. The normalized spacial score (nSPS) is 17.3. The monoisotopic (exact) mass is 368 g/mol. The van der Waals surface area contributed by atoms with E-state index in [9.17, 15) is 0 Å². The van der Waals surface area contributed by atoms with Gasteiger partial charge in [0, 0.05) is 18.6 Å². The highest BCUT2D eigenvalue weighted by atomic mass is 127. The molecule has 0 amide bonds. The van der Waals surface area contributed by atoms with Crippen molar-refractivity contribution >= 4 is 29.9 Å². The minimum Gasteiger partial charge on any atom is -0.357 e. The number of rotatable bonds is 7. The minimum atomic E-state index is 0. The van der Waals surface area contributed by atoms with Crippen molar-refractivity contribution in [1.29, 1.82) is 0 Å². The summed E-state index contributed by atoms with van der Waals surface area (Å²) in [5, 5.41) is 6.75. The number of nitrogens with zero attached hydrogens (tertiary/aromatic N) is 2. The van der Waals surface area contributed by atoms with E-state index in [2.05, 4.69) is 48.2 Å². The van der Waals surface area contributed by atoms with Gasteiger partial charge in [-0.25, -0.2) is 0 Å². The topological polar surface area (TPSA) is 39.7 Å². The van der Waals surface area contributed by atoms with E-state index in [1.807, 2.05) is 0 Å². The summed E-state index contributed by atoms with van der Waals surface area (Å²) in [5.74, 6) is 0.981. The molecule has 1 aliphatic carbocycles. The molecule has 18 heavy (non-hydrogen) atoms. The number of guanidine groups is 1. The molecule has 0 aromatic rings. The Hall–Kier alpha value is -0.0400. The molecule has 0 aliphatic heterocycles. The van der Waals surface area contributed by atoms with Crippen LogP contribution in [0.25, 0.3) is 0 Å². The number of likely N-dealkylation sites (N-methyl/N-ethyl adjacent to an activating group) is 1. The lowest BCUT2D eigenvalue weighted by Gasteiger charge is -2.25. The first-order valence-corrected chi connectivity index (χ1v) is 7.00. The van der Waals surface area contributed by atoms with E-state index in [0.717, 1.165) is 32.1 Å². The van der Waals surface area contributed by atoms with E-state index in [-0.39, 0.29) is 24.0 Å². The van der Waals surface area contributed by atoms with Crippen molar-refractivity contribution in [2.45, 2.75) is 52.6 Å². The van der Waals surface area contributed by atoms with E-state index < -0.39 is 0 Å². The maximum Gasteiger partial charge on any atom is 0.191 e. The molecule has 0 bridgehead atoms. The van der Waals surface area contributed by atoms with E-state index >= 15 is 0 Å². The van der Waals surface area contributed by atoms with Crippen molar-refractivity contribution in [3.8, 4) is 0 Å². The predicted molar refractivity (Wildman–Crippen MR) is 89.9 cm³/mol. The molecular weight excluding hydrogens is 339 g/mol. The lowest BCUT2D eigenvalue weighted by atomic mass is 10.3. The molecule has 0 heterocycles. The van der Waals surface area contributed by atoms with E-state index in [4.69, 9.17) is 0 Å². The quantitative estimate of drug-likeness (QED) is 0.411. The highest BCUT2D eigenvalue weighted by Gasteiger charge is 2.22. The summed E-state index contributed by atoms with van der Waals surface area (Å²) in [4.78, 5) is 7.10. The van der Waals surface area contributed by atoms with Gasteiger partial charge in [-0.1, -0.05) is 13.8 Å². The van der Waals surface area contributed by atoms with Crippen LogP contribution in [0.5, 0.6) is 0 Å². The number of halogens is 1. The molecule has 0 radical (unpaired) electrons. The molecular formula is C13H29IN4. The number of aliphatic imine (C=N–C) groups is 1. The van der Waals surface area contributed by atoms with Gasteiger partial charge in [0.05, 0.1) is 6.54 Å². The van der Waals surface area contributed by atoms with Crippen LogP contribution in [0.4, 0.5) is 0 Å². The second-order valence-corrected chi connectivity index (χ2v) is 4.71. The molecule has 2 N–H and O–H groups in total. The second kappa shape index (κ2) is 9.83. The first-order valence-electron chi connectivity index (χ1n) is 7.00. The Morgan fingerprint density at radius 1 is 1.28 bits per heavy atom. The maximum absolute atomic E-state index is 4.66. The highest BCUT2D eigenvalue weighted by Crippen LogP contribution is 2.18. The third-order valence-electron chi connectivity index (χ3n) is 3.21. The largest absolute Gasteiger partial charge is 0.357 e. The third-order valence-corrected chi connectivity index (χ3v) is 3.21. The fourth-order valence-corrected chi connectivity index (χ4v) is 1.93. The van der Waals surface area contributed by atoms with Crippen LogP contribution >= 0.6 is 24.0 Å². The van der Waals surface area contributed by atoms with Gasteiger partial charge in [0.1, 0.15) is 0 Å². The van der Waals surface area contributed by atoms with Crippen molar-refractivity contribution in [3.05, 3.63) is 0 Å². The minimum absolute atomic E-state index is 0. The van der Waals surface area contributed by atoms with Gasteiger partial charge in [0.25, 0.3) is 0 Å². The van der Waals surface area contributed by atoms with Gasteiger partial charge >= 0.3 is 0 Å². The average molecular weight is 368 g/mol. The lowest BCUT2D eigenvalue weighted by Crippen LogP contribution is -2.40. The Morgan fingerprint density at radius 2 is 1.89 bits per heavy atom. The summed E-state index contributed by atoms with van der Waals surface area (Å²) in [6.07, 6.45) is 2.58. The van der Waals surface area contributed by atoms with Crippen LogP contribution in [0.1, 0.15) is 40.5 Å². The van der Waals surface area contributed by atoms with Gasteiger partial charge in [0.2, 0.25) is 0 Å². The van der Waals surface area contributed by atoms with Crippen molar-refractivity contribution in [2.75, 3.05) is 26.2 Å². The Labute approximate surface area is 129 Å². The molecule has 4 nitrogen and oxygen atoms in total. The van der Waals surface area contributed by atoms with Crippen LogP contribution in [0.3, 0.4) is 0 Å². The van der Waals surface area contributed by atoms with Gasteiger partial charge in [-0.2, -0.15) is 0 Å². The smallest absolute Gasteiger partial charge is 0.191 e. The Morgan fingerprint density at radius 3 is 2.33 bits per heavy atom. The van der Waals surface area contributed by atoms with Crippen molar-refractivity contribution < 1.29 is 0 Å². The van der Waals surface area contributed by atoms with Gasteiger partial charge in [-0.05, 0) is 39.8 Å². The molecule has 1 atom stereocenters. The molecule has 1 saturated carbocycles. The third kappa shape index (κ3) is 6.78. The van der Waals surface area contributed by atoms with E-state index in [0.29, 0.717) is 12.1 Å². The summed E-state index contributed by atoms with van der Waals surface area (Å²) in [7, 11) is 0. The molecule has 1 fully saturated rings. The van der Waals surface area contributed by atoms with Gasteiger partial charge in [-0.15, -0.1) is 24.0 Å². The molecule has 108 valence electrons. The van der Waals surface area contributed by atoms with E-state index in [1.165, 1.54) is 12.8 Å². The Bertz CT molecular complexity index is 237. The van der Waals surface area contributed by atoms with Gasteiger partial charge < -0.3 is 10.6 Å².